The fourth-order valence-electron chi connectivity index (χ4n) is 3.98. The van der Waals surface area contributed by atoms with Crippen molar-refractivity contribution in [3.05, 3.63) is 65.5 Å². The average Bonchev–Trinajstić information content (AvgIpc) is 2.82. The Bertz CT molecular complexity index is 907. The van der Waals surface area contributed by atoms with Crippen LogP contribution in [0.5, 0.6) is 0 Å². The molecule has 0 aromatic heterocycles. The number of amides is 1. The molecule has 1 amide bonds. The minimum atomic E-state index is -0.859. The SMILES string of the molecule is CC(C(=O)O)c1ccc(N2CC3=CC=C(OCC4CCC4)C=CC3(C)C2=O)cc1. The van der Waals surface area contributed by atoms with E-state index in [2.05, 4.69) is 0 Å². The molecule has 1 aromatic carbocycles. The molecule has 2 unspecified atom stereocenters. The van der Waals surface area contributed by atoms with E-state index in [9.17, 15) is 14.7 Å². The zero-order chi connectivity index (χ0) is 20.6. The highest BCUT2D eigenvalue weighted by Crippen LogP contribution is 2.42. The summed E-state index contributed by atoms with van der Waals surface area (Å²) in [7, 11) is 0. The predicted molar refractivity (Wildman–Crippen MR) is 112 cm³/mol. The molecule has 5 nitrogen and oxygen atoms in total. The normalized spacial score (nSPS) is 24.9. The number of carboxylic acid groups (broad SMARTS) is 1. The van der Waals surface area contributed by atoms with Crippen LogP contribution in [-0.4, -0.2) is 30.1 Å². The number of hydrogen-bond donors (Lipinski definition) is 1. The van der Waals surface area contributed by atoms with E-state index in [-0.39, 0.29) is 5.91 Å². The number of benzene rings is 1. The Morgan fingerprint density at radius 3 is 2.62 bits per heavy atom. The molecular formula is C24H27NO4. The lowest BCUT2D eigenvalue weighted by Gasteiger charge is -2.25. The van der Waals surface area contributed by atoms with Crippen molar-refractivity contribution in [2.45, 2.75) is 39.0 Å². The van der Waals surface area contributed by atoms with Crippen LogP contribution in [0, 0.1) is 11.3 Å². The molecule has 4 rings (SSSR count). The summed E-state index contributed by atoms with van der Waals surface area (Å²) in [4.78, 5) is 26.2. The minimum absolute atomic E-state index is 0.0210. The number of carbonyl (C=O) groups excluding carboxylic acids is 1. The number of allylic oxidation sites excluding steroid dienone is 3. The van der Waals surface area contributed by atoms with Crippen LogP contribution in [-0.2, 0) is 14.3 Å². The van der Waals surface area contributed by atoms with E-state index in [0.717, 1.165) is 29.2 Å². The van der Waals surface area contributed by atoms with Gasteiger partial charge in [-0.2, -0.15) is 0 Å². The molecule has 2 atom stereocenters. The summed E-state index contributed by atoms with van der Waals surface area (Å²) >= 11 is 0. The lowest BCUT2D eigenvalue weighted by molar-refractivity contribution is -0.138. The van der Waals surface area contributed by atoms with Crippen LogP contribution in [0.2, 0.25) is 0 Å². The quantitative estimate of drug-likeness (QED) is 0.777. The fourth-order valence-corrected chi connectivity index (χ4v) is 3.98. The molecule has 5 heteroatoms. The molecule has 29 heavy (non-hydrogen) atoms. The van der Waals surface area contributed by atoms with Gasteiger partial charge >= 0.3 is 5.97 Å². The number of anilines is 1. The topological polar surface area (TPSA) is 66.8 Å². The number of fused-ring (bicyclic) bond motifs is 1. The third kappa shape index (κ3) is 3.61. The first-order chi connectivity index (χ1) is 13.9. The third-order valence-corrected chi connectivity index (χ3v) is 6.50. The van der Waals surface area contributed by atoms with E-state index in [1.165, 1.54) is 19.3 Å². The van der Waals surface area contributed by atoms with Gasteiger partial charge in [0.15, 0.2) is 0 Å². The van der Waals surface area contributed by atoms with Crippen molar-refractivity contribution in [1.29, 1.82) is 0 Å². The second-order valence-electron chi connectivity index (χ2n) is 8.45. The van der Waals surface area contributed by atoms with Gasteiger partial charge in [-0.25, -0.2) is 0 Å². The van der Waals surface area contributed by atoms with Crippen LogP contribution >= 0.6 is 0 Å². The number of hydrogen-bond acceptors (Lipinski definition) is 3. The zero-order valence-corrected chi connectivity index (χ0v) is 16.9. The standard InChI is InChI=1S/C24H27NO4/c1-16(22(26)27)18-6-9-20(10-7-18)25-14-19-8-11-21(29-15-17-4-3-5-17)12-13-24(19,2)23(25)28/h6-13,16-17H,3-5,14-15H2,1-2H3,(H,26,27). The Balaban J connectivity index is 1.51. The second-order valence-corrected chi connectivity index (χ2v) is 8.45. The maximum absolute atomic E-state index is 13.2. The molecule has 1 N–H and O–H groups in total. The number of rotatable bonds is 6. The Kier molecular flexibility index (Phi) is 5.07. The van der Waals surface area contributed by atoms with Gasteiger partial charge in [0.05, 0.1) is 17.9 Å². The number of nitrogens with zero attached hydrogens (tertiary/aromatic N) is 1. The van der Waals surface area contributed by atoms with Gasteiger partial charge in [0, 0.05) is 12.2 Å². The first kappa shape index (κ1) is 19.5. The largest absolute Gasteiger partial charge is 0.493 e. The Hall–Kier alpha value is -2.82. The van der Waals surface area contributed by atoms with Crippen LogP contribution in [0.15, 0.2) is 59.9 Å². The summed E-state index contributed by atoms with van der Waals surface area (Å²) in [5, 5.41) is 9.17. The molecule has 1 heterocycles. The average molecular weight is 393 g/mol. The van der Waals surface area contributed by atoms with Crippen molar-refractivity contribution in [3.8, 4) is 0 Å². The highest BCUT2D eigenvalue weighted by molar-refractivity contribution is 6.05. The second kappa shape index (κ2) is 7.54. The highest BCUT2D eigenvalue weighted by Gasteiger charge is 2.45. The van der Waals surface area contributed by atoms with Crippen molar-refractivity contribution in [1.82, 2.24) is 0 Å². The third-order valence-electron chi connectivity index (χ3n) is 6.50. The van der Waals surface area contributed by atoms with Gasteiger partial charge in [0.25, 0.3) is 0 Å². The molecule has 152 valence electrons. The molecule has 2 fully saturated rings. The number of aliphatic carboxylic acids is 1. The molecule has 0 radical (unpaired) electrons. The lowest BCUT2D eigenvalue weighted by atomic mass is 9.84. The predicted octanol–water partition coefficient (Wildman–Crippen LogP) is 4.42. The Labute approximate surface area is 171 Å². The van der Waals surface area contributed by atoms with Crippen LogP contribution in [0.3, 0.4) is 0 Å². The summed E-state index contributed by atoms with van der Waals surface area (Å²) in [6, 6.07) is 7.23. The summed E-state index contributed by atoms with van der Waals surface area (Å²) in [5.74, 6) is 0.0663. The van der Waals surface area contributed by atoms with Gasteiger partial charge in [-0.1, -0.05) is 30.7 Å². The molecule has 0 spiro atoms. The first-order valence-corrected chi connectivity index (χ1v) is 10.3. The van der Waals surface area contributed by atoms with E-state index in [1.807, 2.05) is 43.4 Å². The maximum atomic E-state index is 13.2. The van der Waals surface area contributed by atoms with Gasteiger partial charge < -0.3 is 14.7 Å². The summed E-state index contributed by atoms with van der Waals surface area (Å²) < 4.78 is 5.94. The van der Waals surface area contributed by atoms with Crippen molar-refractivity contribution < 1.29 is 19.4 Å². The van der Waals surface area contributed by atoms with E-state index in [0.29, 0.717) is 12.5 Å². The number of carboxylic acids is 1. The number of carbonyl (C=O) groups is 2. The van der Waals surface area contributed by atoms with Gasteiger partial charge in [0.2, 0.25) is 5.91 Å². The molecule has 1 saturated heterocycles. The molecule has 3 aliphatic rings. The molecular weight excluding hydrogens is 366 g/mol. The maximum Gasteiger partial charge on any atom is 0.310 e. The van der Waals surface area contributed by atoms with E-state index in [4.69, 9.17) is 4.74 Å². The van der Waals surface area contributed by atoms with E-state index in [1.54, 1.807) is 24.0 Å². The van der Waals surface area contributed by atoms with Crippen LogP contribution in [0.4, 0.5) is 5.69 Å². The zero-order valence-electron chi connectivity index (χ0n) is 16.9. The fraction of sp³-hybridized carbons (Fsp3) is 0.417. The van der Waals surface area contributed by atoms with Gasteiger partial charge in [-0.05, 0) is 68.0 Å². The van der Waals surface area contributed by atoms with Crippen molar-refractivity contribution in [2.24, 2.45) is 11.3 Å². The highest BCUT2D eigenvalue weighted by atomic mass is 16.5. The van der Waals surface area contributed by atoms with Gasteiger partial charge in [-0.3, -0.25) is 9.59 Å². The summed E-state index contributed by atoms with van der Waals surface area (Å²) in [6.45, 7) is 4.86. The van der Waals surface area contributed by atoms with Crippen molar-refractivity contribution in [3.63, 3.8) is 0 Å². The van der Waals surface area contributed by atoms with Gasteiger partial charge in [0.1, 0.15) is 5.76 Å². The van der Waals surface area contributed by atoms with Crippen molar-refractivity contribution >= 4 is 17.6 Å². The van der Waals surface area contributed by atoms with E-state index >= 15 is 0 Å². The first-order valence-electron chi connectivity index (χ1n) is 10.3. The Morgan fingerprint density at radius 1 is 1.28 bits per heavy atom. The van der Waals surface area contributed by atoms with Crippen molar-refractivity contribution in [2.75, 3.05) is 18.1 Å². The van der Waals surface area contributed by atoms with Crippen LogP contribution in [0.1, 0.15) is 44.6 Å². The summed E-state index contributed by atoms with van der Waals surface area (Å²) in [6.07, 6.45) is 11.6. The monoisotopic (exact) mass is 393 g/mol. The minimum Gasteiger partial charge on any atom is -0.493 e. The lowest BCUT2D eigenvalue weighted by Crippen LogP contribution is -2.31. The Morgan fingerprint density at radius 2 is 2.00 bits per heavy atom. The summed E-state index contributed by atoms with van der Waals surface area (Å²) in [5.41, 5.74) is 1.85. The van der Waals surface area contributed by atoms with Crippen LogP contribution in [0.25, 0.3) is 0 Å². The smallest absolute Gasteiger partial charge is 0.310 e. The molecule has 1 aliphatic heterocycles. The van der Waals surface area contributed by atoms with Crippen LogP contribution < -0.4 is 4.90 Å². The number of ether oxygens (including phenoxy) is 1. The van der Waals surface area contributed by atoms with E-state index < -0.39 is 17.3 Å². The molecule has 1 saturated carbocycles. The molecule has 1 aromatic rings. The molecule has 0 bridgehead atoms. The van der Waals surface area contributed by atoms with Gasteiger partial charge in [-0.15, -0.1) is 0 Å². The molecule has 2 aliphatic carbocycles.